The van der Waals surface area contributed by atoms with Crippen molar-refractivity contribution in [2.24, 2.45) is 0 Å². The second-order valence-corrected chi connectivity index (χ2v) is 5.44. The summed E-state index contributed by atoms with van der Waals surface area (Å²) >= 11 is 0. The van der Waals surface area contributed by atoms with Gasteiger partial charge in [0.2, 0.25) is 0 Å². The molecular weight excluding hydrogens is 279 g/mol. The van der Waals surface area contributed by atoms with E-state index < -0.39 is 12.6 Å². The number of alkyl halides is 3. The summed E-state index contributed by atoms with van der Waals surface area (Å²) in [5, 5.41) is 3.28. The van der Waals surface area contributed by atoms with Crippen LogP contribution < -0.4 is 5.32 Å². The summed E-state index contributed by atoms with van der Waals surface area (Å²) in [4.78, 5) is 7.71. The van der Waals surface area contributed by atoms with Crippen LogP contribution in [0.3, 0.4) is 0 Å². The number of aromatic amines is 1. The largest absolute Gasteiger partial charge is 0.389 e. The van der Waals surface area contributed by atoms with Crippen molar-refractivity contribution in [3.63, 3.8) is 0 Å². The number of fused-ring (bicyclic) bond motifs is 1. The highest BCUT2D eigenvalue weighted by Gasteiger charge is 2.26. The molecular formula is C15H20F3N3. The van der Waals surface area contributed by atoms with E-state index >= 15 is 0 Å². The van der Waals surface area contributed by atoms with Crippen molar-refractivity contribution < 1.29 is 13.2 Å². The molecule has 116 valence electrons. The maximum atomic E-state index is 12.1. The number of halogens is 3. The van der Waals surface area contributed by atoms with Gasteiger partial charge in [-0.1, -0.05) is 12.1 Å². The summed E-state index contributed by atoms with van der Waals surface area (Å²) < 4.78 is 36.3. The molecule has 2 unspecified atom stereocenters. The number of hydrogen-bond donors (Lipinski definition) is 2. The Hall–Kier alpha value is -1.56. The molecule has 0 bridgehead atoms. The van der Waals surface area contributed by atoms with Gasteiger partial charge < -0.3 is 10.3 Å². The van der Waals surface area contributed by atoms with Crippen molar-refractivity contribution in [1.29, 1.82) is 0 Å². The normalized spacial score (nSPS) is 15.3. The van der Waals surface area contributed by atoms with E-state index in [0.717, 1.165) is 16.9 Å². The summed E-state index contributed by atoms with van der Waals surface area (Å²) in [6.07, 6.45) is -4.16. The summed E-state index contributed by atoms with van der Waals surface area (Å²) in [6.45, 7) is 3.85. The number of nitrogens with zero attached hydrogens (tertiary/aromatic N) is 1. The Kier molecular flexibility index (Phi) is 4.88. The molecule has 1 aromatic carbocycles. The molecule has 0 aliphatic heterocycles. The number of aromatic nitrogens is 2. The predicted octanol–water partition coefficient (Wildman–Crippen LogP) is 4.33. The van der Waals surface area contributed by atoms with E-state index in [1.54, 1.807) is 0 Å². The smallest absolute Gasteiger partial charge is 0.341 e. The number of imidazole rings is 1. The van der Waals surface area contributed by atoms with Gasteiger partial charge in [-0.3, -0.25) is 0 Å². The molecule has 0 aliphatic carbocycles. The van der Waals surface area contributed by atoms with E-state index in [1.165, 1.54) is 0 Å². The van der Waals surface area contributed by atoms with Gasteiger partial charge in [-0.25, -0.2) is 4.98 Å². The van der Waals surface area contributed by atoms with Crippen LogP contribution in [0, 0.1) is 0 Å². The number of H-pyrrole nitrogens is 1. The molecule has 3 nitrogen and oxygen atoms in total. The molecule has 1 heterocycles. The first-order valence-electron chi connectivity index (χ1n) is 7.12. The molecule has 0 radical (unpaired) electrons. The van der Waals surface area contributed by atoms with Gasteiger partial charge in [0.25, 0.3) is 0 Å². The SMILES string of the molecule is CC(CCCC(F)(F)F)NC(C)c1nc2ccccc2[nH]1. The molecule has 21 heavy (non-hydrogen) atoms. The first-order chi connectivity index (χ1) is 9.85. The predicted molar refractivity (Wildman–Crippen MR) is 77.0 cm³/mol. The topological polar surface area (TPSA) is 40.7 Å². The van der Waals surface area contributed by atoms with E-state index in [4.69, 9.17) is 0 Å². The molecule has 6 heteroatoms. The van der Waals surface area contributed by atoms with Crippen LogP contribution in [-0.4, -0.2) is 22.2 Å². The van der Waals surface area contributed by atoms with E-state index in [2.05, 4.69) is 15.3 Å². The number of rotatable bonds is 6. The Morgan fingerprint density at radius 2 is 1.95 bits per heavy atom. The van der Waals surface area contributed by atoms with Crippen LogP contribution in [0.1, 0.15) is 45.0 Å². The lowest BCUT2D eigenvalue weighted by Crippen LogP contribution is -2.29. The number of nitrogens with one attached hydrogen (secondary N) is 2. The second kappa shape index (κ2) is 6.47. The minimum absolute atomic E-state index is 0.00978. The third kappa shape index (κ3) is 4.74. The van der Waals surface area contributed by atoms with E-state index in [0.29, 0.717) is 6.42 Å². The first-order valence-corrected chi connectivity index (χ1v) is 7.12. The fourth-order valence-corrected chi connectivity index (χ4v) is 2.38. The van der Waals surface area contributed by atoms with E-state index in [-0.39, 0.29) is 18.5 Å². The van der Waals surface area contributed by atoms with Crippen LogP contribution >= 0.6 is 0 Å². The number of para-hydroxylation sites is 2. The van der Waals surface area contributed by atoms with E-state index in [1.807, 2.05) is 38.1 Å². The van der Waals surface area contributed by atoms with Gasteiger partial charge in [-0.15, -0.1) is 0 Å². The van der Waals surface area contributed by atoms with E-state index in [9.17, 15) is 13.2 Å². The maximum Gasteiger partial charge on any atom is 0.389 e. The zero-order valence-corrected chi connectivity index (χ0v) is 12.2. The Bertz CT molecular complexity index is 544. The van der Waals surface area contributed by atoms with Gasteiger partial charge in [-0.05, 0) is 38.8 Å². The fraction of sp³-hybridized carbons (Fsp3) is 0.533. The quantitative estimate of drug-likeness (QED) is 0.833. The third-order valence-corrected chi connectivity index (χ3v) is 3.45. The molecule has 2 atom stereocenters. The average molecular weight is 299 g/mol. The molecule has 0 fully saturated rings. The Morgan fingerprint density at radius 3 is 2.62 bits per heavy atom. The highest BCUT2D eigenvalue weighted by Crippen LogP contribution is 2.23. The van der Waals surface area contributed by atoms with Gasteiger partial charge in [0.05, 0.1) is 17.1 Å². The monoisotopic (exact) mass is 299 g/mol. The zero-order valence-electron chi connectivity index (χ0n) is 12.2. The van der Waals surface area contributed by atoms with Gasteiger partial charge in [0.15, 0.2) is 0 Å². The minimum atomic E-state index is -4.07. The highest BCUT2D eigenvalue weighted by molar-refractivity contribution is 5.74. The summed E-state index contributed by atoms with van der Waals surface area (Å²) in [5.41, 5.74) is 1.86. The molecule has 0 aliphatic rings. The van der Waals surface area contributed by atoms with Gasteiger partial charge >= 0.3 is 6.18 Å². The van der Waals surface area contributed by atoms with Crippen LogP contribution in [0.2, 0.25) is 0 Å². The molecule has 2 rings (SSSR count). The van der Waals surface area contributed by atoms with Crippen molar-refractivity contribution >= 4 is 11.0 Å². The van der Waals surface area contributed by atoms with Crippen molar-refractivity contribution in [2.45, 2.75) is 51.4 Å². The van der Waals surface area contributed by atoms with Gasteiger partial charge in [0, 0.05) is 12.5 Å². The zero-order chi connectivity index (χ0) is 15.5. The van der Waals surface area contributed by atoms with Gasteiger partial charge in [0.1, 0.15) is 5.82 Å². The lowest BCUT2D eigenvalue weighted by atomic mass is 10.1. The lowest BCUT2D eigenvalue weighted by Gasteiger charge is -2.18. The molecule has 0 spiro atoms. The van der Waals surface area contributed by atoms with Crippen molar-refractivity contribution in [3.05, 3.63) is 30.1 Å². The summed E-state index contributed by atoms with van der Waals surface area (Å²) in [7, 11) is 0. The van der Waals surface area contributed by atoms with Crippen molar-refractivity contribution in [3.8, 4) is 0 Å². The first kappa shape index (κ1) is 15.8. The molecule has 2 N–H and O–H groups in total. The minimum Gasteiger partial charge on any atom is -0.341 e. The standard InChI is InChI=1S/C15H20F3N3/c1-10(6-5-9-15(16,17)18)19-11(2)14-20-12-7-3-4-8-13(12)21-14/h3-4,7-8,10-11,19H,5-6,9H2,1-2H3,(H,20,21). The number of hydrogen-bond acceptors (Lipinski definition) is 2. The van der Waals surface area contributed by atoms with Crippen LogP contribution in [0.15, 0.2) is 24.3 Å². The fourth-order valence-electron chi connectivity index (χ4n) is 2.38. The van der Waals surface area contributed by atoms with Crippen LogP contribution in [-0.2, 0) is 0 Å². The second-order valence-electron chi connectivity index (χ2n) is 5.44. The summed E-state index contributed by atoms with van der Waals surface area (Å²) in [5.74, 6) is 0.805. The van der Waals surface area contributed by atoms with Crippen LogP contribution in [0.25, 0.3) is 11.0 Å². The lowest BCUT2D eigenvalue weighted by molar-refractivity contribution is -0.135. The number of benzene rings is 1. The van der Waals surface area contributed by atoms with Crippen LogP contribution in [0.4, 0.5) is 13.2 Å². The highest BCUT2D eigenvalue weighted by atomic mass is 19.4. The molecule has 0 amide bonds. The van der Waals surface area contributed by atoms with Crippen LogP contribution in [0.5, 0.6) is 0 Å². The molecule has 0 saturated carbocycles. The Morgan fingerprint density at radius 1 is 1.24 bits per heavy atom. The maximum absolute atomic E-state index is 12.1. The summed E-state index contributed by atoms with van der Waals surface area (Å²) in [6, 6.07) is 7.71. The average Bonchev–Trinajstić information content (AvgIpc) is 2.80. The van der Waals surface area contributed by atoms with Crippen molar-refractivity contribution in [1.82, 2.24) is 15.3 Å². The molecule has 1 aromatic heterocycles. The van der Waals surface area contributed by atoms with Gasteiger partial charge in [-0.2, -0.15) is 13.2 Å². The Labute approximate surface area is 122 Å². The molecule has 2 aromatic rings. The van der Waals surface area contributed by atoms with Crippen molar-refractivity contribution in [2.75, 3.05) is 0 Å². The Balaban J connectivity index is 1.87. The third-order valence-electron chi connectivity index (χ3n) is 3.45. The molecule has 0 saturated heterocycles.